The minimum atomic E-state index is -0.148. The van der Waals surface area contributed by atoms with Crippen molar-refractivity contribution >= 4 is 17.3 Å². The fourth-order valence-electron chi connectivity index (χ4n) is 3.71. The van der Waals surface area contributed by atoms with Gasteiger partial charge in [0.05, 0.1) is 24.4 Å². The molecule has 0 saturated carbocycles. The van der Waals surface area contributed by atoms with E-state index in [2.05, 4.69) is 10.6 Å². The third-order valence-electron chi connectivity index (χ3n) is 5.35. The smallest absolute Gasteiger partial charge is 0.243 e. The van der Waals surface area contributed by atoms with Gasteiger partial charge in [0, 0.05) is 25.0 Å². The number of hydrogen-bond acceptors (Lipinski definition) is 6. The molecular weight excluding hydrogens is 396 g/mol. The van der Waals surface area contributed by atoms with Crippen molar-refractivity contribution in [2.45, 2.75) is 37.9 Å². The van der Waals surface area contributed by atoms with Gasteiger partial charge in [-0.1, -0.05) is 18.2 Å². The predicted molar refractivity (Wildman–Crippen MR) is 119 cm³/mol. The molecule has 0 aliphatic carbocycles. The van der Waals surface area contributed by atoms with Gasteiger partial charge in [0.25, 0.3) is 0 Å². The van der Waals surface area contributed by atoms with Crippen LogP contribution in [0.5, 0.6) is 11.5 Å². The van der Waals surface area contributed by atoms with E-state index >= 15 is 0 Å². The molecule has 2 N–H and O–H groups in total. The van der Waals surface area contributed by atoms with Gasteiger partial charge in [-0.2, -0.15) is 0 Å². The number of nitrogens with one attached hydrogen (secondary N) is 2. The number of benzene rings is 2. The van der Waals surface area contributed by atoms with Crippen LogP contribution in [0, 0.1) is 0 Å². The van der Waals surface area contributed by atoms with E-state index in [1.54, 1.807) is 0 Å². The largest absolute Gasteiger partial charge is 0.491 e. The summed E-state index contributed by atoms with van der Waals surface area (Å²) < 4.78 is 22.9. The molecule has 1 amide bonds. The summed E-state index contributed by atoms with van der Waals surface area (Å²) in [5, 5.41) is 6.06. The lowest BCUT2D eigenvalue weighted by molar-refractivity contribution is -0.114. The maximum Gasteiger partial charge on any atom is 0.243 e. The third-order valence-corrected chi connectivity index (χ3v) is 5.35. The van der Waals surface area contributed by atoms with Crippen LogP contribution in [-0.2, 0) is 14.3 Å². The Labute approximate surface area is 183 Å². The average molecular weight is 427 g/mol. The molecular formula is C24H30N2O5. The molecule has 0 spiro atoms. The van der Waals surface area contributed by atoms with Gasteiger partial charge >= 0.3 is 0 Å². The number of anilines is 2. The zero-order valence-electron chi connectivity index (χ0n) is 17.7. The van der Waals surface area contributed by atoms with Crippen molar-refractivity contribution in [1.29, 1.82) is 0 Å². The Hall–Kier alpha value is -2.77. The SMILES string of the molecule is O=C(CNc1ccccc1OCC1CCCO1)Nc1cccc(OCC2CCCO2)c1. The standard InChI is InChI=1S/C24H30N2O5/c27-24(26-18-6-3-7-19(14-18)30-16-20-8-4-12-28-20)15-25-22-10-1-2-11-23(22)31-17-21-9-5-13-29-21/h1-3,6-7,10-11,14,20-21,25H,4-5,8-9,12-13,15-17H2,(H,26,27). The summed E-state index contributed by atoms with van der Waals surface area (Å²) in [6.07, 6.45) is 4.51. The third kappa shape index (κ3) is 6.60. The fourth-order valence-corrected chi connectivity index (χ4v) is 3.71. The van der Waals surface area contributed by atoms with E-state index in [1.807, 2.05) is 48.5 Å². The zero-order chi connectivity index (χ0) is 21.3. The Balaban J connectivity index is 1.25. The van der Waals surface area contributed by atoms with Crippen molar-refractivity contribution in [3.8, 4) is 11.5 Å². The lowest BCUT2D eigenvalue weighted by Gasteiger charge is -2.16. The number of ether oxygens (including phenoxy) is 4. The van der Waals surface area contributed by atoms with Crippen LogP contribution < -0.4 is 20.1 Å². The molecule has 166 valence electrons. The van der Waals surface area contributed by atoms with E-state index in [-0.39, 0.29) is 24.7 Å². The maximum absolute atomic E-state index is 12.4. The summed E-state index contributed by atoms with van der Waals surface area (Å²) in [6.45, 7) is 2.78. The van der Waals surface area contributed by atoms with E-state index in [0.29, 0.717) is 24.7 Å². The van der Waals surface area contributed by atoms with Crippen molar-refractivity contribution in [1.82, 2.24) is 0 Å². The van der Waals surface area contributed by atoms with Gasteiger partial charge < -0.3 is 29.6 Å². The van der Waals surface area contributed by atoms with Gasteiger partial charge in [-0.15, -0.1) is 0 Å². The molecule has 2 heterocycles. The van der Waals surface area contributed by atoms with Crippen LogP contribution in [0.4, 0.5) is 11.4 Å². The minimum absolute atomic E-state index is 0.126. The van der Waals surface area contributed by atoms with Crippen LogP contribution in [-0.4, -0.2) is 51.1 Å². The molecule has 2 aromatic carbocycles. The van der Waals surface area contributed by atoms with E-state index in [1.165, 1.54) is 0 Å². The Morgan fingerprint density at radius 1 is 0.935 bits per heavy atom. The molecule has 7 heteroatoms. The molecule has 0 radical (unpaired) electrons. The van der Waals surface area contributed by atoms with E-state index in [4.69, 9.17) is 18.9 Å². The van der Waals surface area contributed by atoms with Crippen molar-refractivity contribution in [2.75, 3.05) is 43.6 Å². The first-order valence-corrected chi connectivity index (χ1v) is 11.0. The normalized spacial score (nSPS) is 20.4. The molecule has 31 heavy (non-hydrogen) atoms. The van der Waals surface area contributed by atoms with Crippen LogP contribution >= 0.6 is 0 Å². The van der Waals surface area contributed by atoms with Gasteiger partial charge in [0.2, 0.25) is 5.91 Å². The molecule has 4 rings (SSSR count). The molecule has 2 atom stereocenters. The van der Waals surface area contributed by atoms with Gasteiger partial charge in [-0.3, -0.25) is 4.79 Å². The molecule has 2 aliphatic rings. The summed E-state index contributed by atoms with van der Waals surface area (Å²) in [7, 11) is 0. The summed E-state index contributed by atoms with van der Waals surface area (Å²) in [5.74, 6) is 1.29. The van der Waals surface area contributed by atoms with E-state index in [9.17, 15) is 4.79 Å². The Morgan fingerprint density at radius 2 is 1.68 bits per heavy atom. The highest BCUT2D eigenvalue weighted by Gasteiger charge is 2.17. The fraction of sp³-hybridized carbons (Fsp3) is 0.458. The van der Waals surface area contributed by atoms with E-state index < -0.39 is 0 Å². The highest BCUT2D eigenvalue weighted by Crippen LogP contribution is 2.25. The minimum Gasteiger partial charge on any atom is -0.491 e. The Morgan fingerprint density at radius 3 is 2.42 bits per heavy atom. The summed E-state index contributed by atoms with van der Waals surface area (Å²) in [6, 6.07) is 15.0. The Kier molecular flexibility index (Phi) is 7.63. The van der Waals surface area contributed by atoms with Crippen LogP contribution in [0.1, 0.15) is 25.7 Å². The highest BCUT2D eigenvalue weighted by molar-refractivity contribution is 5.94. The van der Waals surface area contributed by atoms with Gasteiger partial charge in [0.15, 0.2) is 0 Å². The van der Waals surface area contributed by atoms with Crippen molar-refractivity contribution in [3.05, 3.63) is 48.5 Å². The number of carbonyl (C=O) groups is 1. The lowest BCUT2D eigenvalue weighted by atomic mass is 10.2. The summed E-state index contributed by atoms with van der Waals surface area (Å²) in [5.41, 5.74) is 1.48. The van der Waals surface area contributed by atoms with Crippen LogP contribution in [0.15, 0.2) is 48.5 Å². The molecule has 2 fully saturated rings. The summed E-state index contributed by atoms with van der Waals surface area (Å²) >= 11 is 0. The van der Waals surface area contributed by atoms with E-state index in [0.717, 1.165) is 50.3 Å². The van der Waals surface area contributed by atoms with Crippen LogP contribution in [0.2, 0.25) is 0 Å². The number of carbonyl (C=O) groups excluding carboxylic acids is 1. The van der Waals surface area contributed by atoms with Gasteiger partial charge in [-0.25, -0.2) is 0 Å². The average Bonchev–Trinajstić information content (AvgIpc) is 3.50. The van der Waals surface area contributed by atoms with Crippen LogP contribution in [0.25, 0.3) is 0 Å². The molecule has 2 unspecified atom stereocenters. The molecule has 7 nitrogen and oxygen atoms in total. The molecule has 2 aliphatic heterocycles. The molecule has 2 aromatic rings. The molecule has 2 saturated heterocycles. The van der Waals surface area contributed by atoms with Gasteiger partial charge in [-0.05, 0) is 49.9 Å². The molecule has 0 aromatic heterocycles. The van der Waals surface area contributed by atoms with Crippen molar-refractivity contribution in [2.24, 2.45) is 0 Å². The molecule has 0 bridgehead atoms. The van der Waals surface area contributed by atoms with Crippen LogP contribution in [0.3, 0.4) is 0 Å². The topological polar surface area (TPSA) is 78.1 Å². The predicted octanol–water partition coefficient (Wildman–Crippen LogP) is 3.85. The number of amides is 1. The first-order valence-electron chi connectivity index (χ1n) is 11.0. The first-order chi connectivity index (χ1) is 15.3. The monoisotopic (exact) mass is 426 g/mol. The van der Waals surface area contributed by atoms with Crippen molar-refractivity contribution in [3.63, 3.8) is 0 Å². The second-order valence-corrected chi connectivity index (χ2v) is 7.82. The first kappa shape index (κ1) is 21.5. The maximum atomic E-state index is 12.4. The number of para-hydroxylation sites is 2. The van der Waals surface area contributed by atoms with Gasteiger partial charge in [0.1, 0.15) is 24.7 Å². The van der Waals surface area contributed by atoms with Crippen molar-refractivity contribution < 1.29 is 23.7 Å². The second kappa shape index (κ2) is 11.0. The Bertz CT molecular complexity index is 847. The zero-order valence-corrected chi connectivity index (χ0v) is 17.7. The number of rotatable bonds is 10. The number of hydrogen-bond donors (Lipinski definition) is 2. The second-order valence-electron chi connectivity index (χ2n) is 7.82. The quantitative estimate of drug-likeness (QED) is 0.601. The lowest BCUT2D eigenvalue weighted by Crippen LogP contribution is -2.22. The summed E-state index contributed by atoms with van der Waals surface area (Å²) in [4.78, 5) is 12.4. The highest BCUT2D eigenvalue weighted by atomic mass is 16.5.